The minimum atomic E-state index is -4.15. The molecule has 0 saturated heterocycles. The lowest BCUT2D eigenvalue weighted by Crippen LogP contribution is -2.35. The molecule has 108 valence electrons. The lowest BCUT2D eigenvalue weighted by atomic mass is 10.2. The molecule has 0 aromatic carbocycles. The van der Waals surface area contributed by atoms with Gasteiger partial charge in [0.1, 0.15) is 5.82 Å². The largest absolute Gasteiger partial charge is 0.401 e. The highest BCUT2D eigenvalue weighted by Crippen LogP contribution is 2.33. The summed E-state index contributed by atoms with van der Waals surface area (Å²) in [5.41, 5.74) is 1.63. The molecule has 1 aliphatic carbocycles. The summed E-state index contributed by atoms with van der Waals surface area (Å²) >= 11 is 0. The van der Waals surface area contributed by atoms with Crippen molar-refractivity contribution in [2.75, 3.05) is 18.9 Å². The fourth-order valence-electron chi connectivity index (χ4n) is 2.39. The molecule has 0 radical (unpaired) electrons. The van der Waals surface area contributed by atoms with Gasteiger partial charge in [-0.3, -0.25) is 9.58 Å². The van der Waals surface area contributed by atoms with E-state index in [1.807, 2.05) is 6.92 Å². The van der Waals surface area contributed by atoms with Gasteiger partial charge >= 0.3 is 6.18 Å². The van der Waals surface area contributed by atoms with Crippen molar-refractivity contribution in [3.05, 3.63) is 11.3 Å². The van der Waals surface area contributed by atoms with Crippen molar-refractivity contribution in [3.63, 3.8) is 0 Å². The van der Waals surface area contributed by atoms with Gasteiger partial charge in [-0.05, 0) is 19.8 Å². The van der Waals surface area contributed by atoms with Crippen molar-refractivity contribution in [1.29, 1.82) is 0 Å². The van der Waals surface area contributed by atoms with Crippen molar-refractivity contribution in [1.82, 2.24) is 14.7 Å². The van der Waals surface area contributed by atoms with Gasteiger partial charge in [0.25, 0.3) is 0 Å². The minimum Gasteiger partial charge on any atom is -0.373 e. The molecule has 0 atom stereocenters. The summed E-state index contributed by atoms with van der Waals surface area (Å²) in [6.07, 6.45) is -2.45. The van der Waals surface area contributed by atoms with E-state index in [4.69, 9.17) is 0 Å². The maximum absolute atomic E-state index is 12.6. The molecule has 0 aliphatic heterocycles. The van der Waals surface area contributed by atoms with Gasteiger partial charge < -0.3 is 5.32 Å². The summed E-state index contributed by atoms with van der Waals surface area (Å²) in [6, 6.07) is 0.0611. The lowest BCUT2D eigenvalue weighted by molar-refractivity contribution is -0.148. The second kappa shape index (κ2) is 5.03. The van der Waals surface area contributed by atoms with Gasteiger partial charge in [0.15, 0.2) is 0 Å². The highest BCUT2D eigenvalue weighted by molar-refractivity contribution is 5.47. The molecule has 1 fully saturated rings. The number of nitrogens with one attached hydrogen (secondary N) is 1. The van der Waals surface area contributed by atoms with E-state index < -0.39 is 12.7 Å². The Morgan fingerprint density at radius 2 is 2.05 bits per heavy atom. The molecule has 4 nitrogen and oxygen atoms in total. The Hall–Kier alpha value is -1.24. The number of aryl methyl sites for hydroxylation is 2. The smallest absolute Gasteiger partial charge is 0.373 e. The molecule has 1 saturated carbocycles. The van der Waals surface area contributed by atoms with Crippen LogP contribution in [0.25, 0.3) is 0 Å². The van der Waals surface area contributed by atoms with Gasteiger partial charge in [-0.15, -0.1) is 0 Å². The first-order chi connectivity index (χ1) is 8.81. The molecule has 1 aromatic heterocycles. The van der Waals surface area contributed by atoms with E-state index in [1.165, 1.54) is 4.90 Å². The summed E-state index contributed by atoms with van der Waals surface area (Å²) in [7, 11) is 3.54. The topological polar surface area (TPSA) is 33.1 Å². The van der Waals surface area contributed by atoms with Crippen LogP contribution in [-0.2, 0) is 13.6 Å². The number of hydrogen-bond acceptors (Lipinski definition) is 3. The Morgan fingerprint density at radius 1 is 1.42 bits per heavy atom. The van der Waals surface area contributed by atoms with E-state index in [0.29, 0.717) is 6.54 Å². The van der Waals surface area contributed by atoms with Crippen LogP contribution in [0.5, 0.6) is 0 Å². The summed E-state index contributed by atoms with van der Waals surface area (Å²) in [4.78, 5) is 1.50. The van der Waals surface area contributed by atoms with Crippen LogP contribution < -0.4 is 5.32 Å². The SMILES string of the molecule is CNc1c(CN(CC(F)(F)F)C2CC2)c(C)nn1C. The Morgan fingerprint density at radius 3 is 2.53 bits per heavy atom. The van der Waals surface area contributed by atoms with E-state index in [1.54, 1.807) is 18.8 Å². The van der Waals surface area contributed by atoms with Crippen molar-refractivity contribution in [3.8, 4) is 0 Å². The van der Waals surface area contributed by atoms with Gasteiger partial charge in [-0.1, -0.05) is 0 Å². The standard InChI is InChI=1S/C12H19F3N4/c1-8-10(11(16-2)18(3)17-8)6-19(9-4-5-9)7-12(13,14)15/h9,16H,4-7H2,1-3H3. The molecule has 7 heteroatoms. The Labute approximate surface area is 110 Å². The summed E-state index contributed by atoms with van der Waals surface area (Å²) < 4.78 is 39.5. The molecule has 2 rings (SSSR count). The third kappa shape index (κ3) is 3.40. The zero-order chi connectivity index (χ0) is 14.2. The number of hydrogen-bond donors (Lipinski definition) is 1. The van der Waals surface area contributed by atoms with E-state index in [2.05, 4.69) is 10.4 Å². The highest BCUT2D eigenvalue weighted by atomic mass is 19.4. The molecule has 0 unspecified atom stereocenters. The average Bonchev–Trinajstić information content (AvgIpc) is 3.05. The number of alkyl halides is 3. The number of aromatic nitrogens is 2. The number of anilines is 1. The van der Waals surface area contributed by atoms with Crippen molar-refractivity contribution >= 4 is 5.82 Å². The quantitative estimate of drug-likeness (QED) is 0.896. The normalized spacial score (nSPS) is 16.2. The average molecular weight is 276 g/mol. The maximum atomic E-state index is 12.6. The van der Waals surface area contributed by atoms with Gasteiger partial charge in [-0.2, -0.15) is 18.3 Å². The number of halogens is 3. The molecular weight excluding hydrogens is 257 g/mol. The first-order valence-corrected chi connectivity index (χ1v) is 6.33. The lowest BCUT2D eigenvalue weighted by Gasteiger charge is -2.23. The molecule has 0 spiro atoms. The van der Waals surface area contributed by atoms with Gasteiger partial charge in [0.2, 0.25) is 0 Å². The molecule has 1 N–H and O–H groups in total. The van der Waals surface area contributed by atoms with Gasteiger partial charge in [0, 0.05) is 32.2 Å². The molecular formula is C12H19F3N4. The van der Waals surface area contributed by atoms with Crippen molar-refractivity contribution in [2.45, 2.75) is 38.5 Å². The molecule has 1 heterocycles. The predicted molar refractivity (Wildman–Crippen MR) is 67.0 cm³/mol. The zero-order valence-corrected chi connectivity index (χ0v) is 11.4. The highest BCUT2D eigenvalue weighted by Gasteiger charge is 2.38. The third-order valence-electron chi connectivity index (χ3n) is 3.39. The van der Waals surface area contributed by atoms with Crippen LogP contribution in [0.4, 0.5) is 19.0 Å². The van der Waals surface area contributed by atoms with Crippen LogP contribution in [0, 0.1) is 6.92 Å². The van der Waals surface area contributed by atoms with E-state index in [-0.39, 0.29) is 6.04 Å². The zero-order valence-electron chi connectivity index (χ0n) is 11.4. The van der Waals surface area contributed by atoms with E-state index >= 15 is 0 Å². The van der Waals surface area contributed by atoms with Crippen LogP contribution in [0.2, 0.25) is 0 Å². The fraction of sp³-hybridized carbons (Fsp3) is 0.750. The van der Waals surface area contributed by atoms with Crippen LogP contribution in [0.15, 0.2) is 0 Å². The molecule has 0 bridgehead atoms. The maximum Gasteiger partial charge on any atom is 0.401 e. The predicted octanol–water partition coefficient (Wildman–Crippen LogP) is 2.30. The molecule has 1 aliphatic rings. The molecule has 1 aromatic rings. The van der Waals surface area contributed by atoms with Crippen LogP contribution in [0.1, 0.15) is 24.1 Å². The molecule has 19 heavy (non-hydrogen) atoms. The van der Waals surface area contributed by atoms with E-state index in [9.17, 15) is 13.2 Å². The fourth-order valence-corrected chi connectivity index (χ4v) is 2.39. The monoisotopic (exact) mass is 276 g/mol. The second-order valence-electron chi connectivity index (χ2n) is 5.04. The second-order valence-corrected chi connectivity index (χ2v) is 5.04. The van der Waals surface area contributed by atoms with Crippen molar-refractivity contribution in [2.24, 2.45) is 7.05 Å². The summed E-state index contributed by atoms with van der Waals surface area (Å²) in [5, 5.41) is 7.26. The molecule has 0 amide bonds. The first-order valence-electron chi connectivity index (χ1n) is 6.33. The van der Waals surface area contributed by atoms with Crippen LogP contribution >= 0.6 is 0 Å². The first kappa shape index (κ1) is 14.2. The van der Waals surface area contributed by atoms with Gasteiger partial charge in [0.05, 0.1) is 12.2 Å². The number of rotatable bonds is 5. The number of nitrogens with zero attached hydrogens (tertiary/aromatic N) is 3. The van der Waals surface area contributed by atoms with Gasteiger partial charge in [-0.25, -0.2) is 0 Å². The summed E-state index contributed by atoms with van der Waals surface area (Å²) in [6.45, 7) is 1.27. The third-order valence-corrected chi connectivity index (χ3v) is 3.39. The minimum absolute atomic E-state index is 0.0611. The Bertz CT molecular complexity index is 449. The summed E-state index contributed by atoms with van der Waals surface area (Å²) in [5.74, 6) is 0.783. The van der Waals surface area contributed by atoms with Crippen molar-refractivity contribution < 1.29 is 13.2 Å². The van der Waals surface area contributed by atoms with Crippen LogP contribution in [0.3, 0.4) is 0 Å². The van der Waals surface area contributed by atoms with Crippen LogP contribution in [-0.4, -0.2) is 40.5 Å². The van der Waals surface area contributed by atoms with E-state index in [0.717, 1.165) is 29.9 Å². The Kier molecular flexibility index (Phi) is 3.75. The Balaban J connectivity index is 2.17.